The van der Waals surface area contributed by atoms with Crippen molar-refractivity contribution in [1.29, 1.82) is 0 Å². The molecule has 0 N–H and O–H groups in total. The summed E-state index contributed by atoms with van der Waals surface area (Å²) in [4.78, 5) is 27.1. The number of carbonyl (C=O) groups is 2. The van der Waals surface area contributed by atoms with E-state index in [4.69, 9.17) is 18.9 Å². The lowest BCUT2D eigenvalue weighted by Gasteiger charge is -2.43. The van der Waals surface area contributed by atoms with Crippen LogP contribution < -0.4 is 0 Å². The van der Waals surface area contributed by atoms with E-state index in [2.05, 4.69) is 6.58 Å². The second kappa shape index (κ2) is 12.5. The minimum atomic E-state index is -0.602. The standard InChI is InChI=1S/C24H39NO6/c1-9-29-22(26)21-19(4)25(23(27)31-24(5,6)7)14-13-20(21)17(2)11-10-12-18(3)30-16-15-28-8/h10-12,19-21H,2,9,13-16H2,1,3-8H3/b11-10-,18-12+/t19-,20+,21+/m0/s1. The van der Waals surface area contributed by atoms with E-state index in [1.807, 2.05) is 52.8 Å². The fourth-order valence-electron chi connectivity index (χ4n) is 3.55. The average Bonchev–Trinajstić information content (AvgIpc) is 2.66. The van der Waals surface area contributed by atoms with Gasteiger partial charge < -0.3 is 23.8 Å². The van der Waals surface area contributed by atoms with Gasteiger partial charge in [-0.2, -0.15) is 0 Å². The summed E-state index contributed by atoms with van der Waals surface area (Å²) in [5.41, 5.74) is 0.212. The minimum absolute atomic E-state index is 0.132. The van der Waals surface area contributed by atoms with E-state index in [0.717, 1.165) is 11.3 Å². The van der Waals surface area contributed by atoms with Gasteiger partial charge in [0.1, 0.15) is 12.2 Å². The molecule has 1 saturated heterocycles. The maximum absolute atomic E-state index is 12.8. The Labute approximate surface area is 187 Å². The zero-order valence-corrected chi connectivity index (χ0v) is 20.1. The quantitative estimate of drug-likeness (QED) is 0.229. The van der Waals surface area contributed by atoms with Crippen molar-refractivity contribution in [2.75, 3.05) is 33.5 Å². The summed E-state index contributed by atoms with van der Waals surface area (Å²) in [6.45, 7) is 16.9. The lowest BCUT2D eigenvalue weighted by molar-refractivity contribution is -0.153. The topological polar surface area (TPSA) is 74.3 Å². The van der Waals surface area contributed by atoms with Crippen molar-refractivity contribution in [3.05, 3.63) is 36.1 Å². The van der Waals surface area contributed by atoms with Gasteiger partial charge >= 0.3 is 12.1 Å². The molecule has 0 spiro atoms. The van der Waals surface area contributed by atoms with E-state index < -0.39 is 17.6 Å². The molecule has 0 bridgehead atoms. The highest BCUT2D eigenvalue weighted by Crippen LogP contribution is 2.36. The first-order chi connectivity index (χ1) is 14.5. The molecule has 0 unspecified atom stereocenters. The Kier molecular flexibility index (Phi) is 10.8. The number of amides is 1. The van der Waals surface area contributed by atoms with Gasteiger partial charge in [0.15, 0.2) is 0 Å². The number of piperidine rings is 1. The lowest BCUT2D eigenvalue weighted by atomic mass is 9.76. The number of methoxy groups -OCH3 is 1. The van der Waals surface area contributed by atoms with Crippen LogP contribution in [0.2, 0.25) is 0 Å². The Balaban J connectivity index is 2.95. The third-order valence-electron chi connectivity index (χ3n) is 5.05. The predicted molar refractivity (Wildman–Crippen MR) is 120 cm³/mol. The van der Waals surface area contributed by atoms with Crippen LogP contribution in [0.25, 0.3) is 0 Å². The Hall–Kier alpha value is -2.28. The molecule has 7 heteroatoms. The van der Waals surface area contributed by atoms with Crippen molar-refractivity contribution in [2.24, 2.45) is 11.8 Å². The first kappa shape index (κ1) is 26.8. The predicted octanol–water partition coefficient (Wildman–Crippen LogP) is 4.49. The number of esters is 1. The normalized spacial score (nSPS) is 22.4. The number of allylic oxidation sites excluding steroid dienone is 5. The molecule has 1 aliphatic rings. The van der Waals surface area contributed by atoms with Crippen LogP contribution in [-0.4, -0.2) is 62.1 Å². The molecule has 1 rings (SSSR count). The van der Waals surface area contributed by atoms with Crippen LogP contribution in [-0.2, 0) is 23.7 Å². The van der Waals surface area contributed by atoms with Crippen LogP contribution in [0.15, 0.2) is 36.1 Å². The molecule has 0 aromatic heterocycles. The molecule has 0 saturated carbocycles. The van der Waals surface area contributed by atoms with E-state index in [1.165, 1.54) is 0 Å². The third kappa shape index (κ3) is 8.77. The van der Waals surface area contributed by atoms with Crippen molar-refractivity contribution >= 4 is 12.1 Å². The number of hydrogen-bond acceptors (Lipinski definition) is 6. The molecular formula is C24H39NO6. The van der Waals surface area contributed by atoms with Crippen LogP contribution >= 0.6 is 0 Å². The van der Waals surface area contributed by atoms with Crippen LogP contribution in [0.4, 0.5) is 4.79 Å². The Morgan fingerprint density at radius 3 is 2.45 bits per heavy atom. The number of carbonyl (C=O) groups excluding carboxylic acids is 2. The minimum Gasteiger partial charge on any atom is -0.496 e. The summed E-state index contributed by atoms with van der Waals surface area (Å²) in [5, 5.41) is 0. The number of ether oxygens (including phenoxy) is 4. The van der Waals surface area contributed by atoms with Gasteiger partial charge in [-0.15, -0.1) is 0 Å². The highest BCUT2D eigenvalue weighted by atomic mass is 16.6. The van der Waals surface area contributed by atoms with Gasteiger partial charge in [-0.25, -0.2) is 4.79 Å². The van der Waals surface area contributed by atoms with Gasteiger partial charge in [-0.1, -0.05) is 24.3 Å². The maximum Gasteiger partial charge on any atom is 0.410 e. The van der Waals surface area contributed by atoms with E-state index in [9.17, 15) is 9.59 Å². The molecule has 1 fully saturated rings. The highest BCUT2D eigenvalue weighted by Gasteiger charge is 2.44. The number of rotatable bonds is 9. The zero-order chi connectivity index (χ0) is 23.6. The zero-order valence-electron chi connectivity index (χ0n) is 20.1. The summed E-state index contributed by atoms with van der Waals surface area (Å²) < 4.78 is 21.3. The third-order valence-corrected chi connectivity index (χ3v) is 5.05. The molecule has 31 heavy (non-hydrogen) atoms. The van der Waals surface area contributed by atoms with Gasteiger partial charge in [0.05, 0.1) is 24.9 Å². The van der Waals surface area contributed by atoms with Crippen LogP contribution in [0.1, 0.15) is 48.0 Å². The summed E-state index contributed by atoms with van der Waals surface area (Å²) in [7, 11) is 1.63. The van der Waals surface area contributed by atoms with Gasteiger partial charge in [0, 0.05) is 25.6 Å². The molecule has 7 nitrogen and oxygen atoms in total. The fraction of sp³-hybridized carbons (Fsp3) is 0.667. The second-order valence-electron chi connectivity index (χ2n) is 8.64. The first-order valence-electron chi connectivity index (χ1n) is 10.8. The Bertz CT molecular complexity index is 676. The van der Waals surface area contributed by atoms with E-state index in [1.54, 1.807) is 18.9 Å². The fourth-order valence-corrected chi connectivity index (χ4v) is 3.55. The molecule has 1 aliphatic heterocycles. The molecule has 0 aliphatic carbocycles. The molecule has 1 heterocycles. The number of nitrogens with zero attached hydrogens (tertiary/aromatic N) is 1. The highest BCUT2D eigenvalue weighted by molar-refractivity contribution is 5.77. The monoisotopic (exact) mass is 437 g/mol. The molecule has 0 aromatic rings. The number of hydrogen-bond donors (Lipinski definition) is 0. The van der Waals surface area contributed by atoms with Crippen LogP contribution in [0, 0.1) is 11.8 Å². The summed E-state index contributed by atoms with van der Waals surface area (Å²) in [6, 6.07) is -0.368. The molecule has 1 amide bonds. The van der Waals surface area contributed by atoms with E-state index in [-0.39, 0.29) is 24.5 Å². The Morgan fingerprint density at radius 2 is 1.87 bits per heavy atom. The van der Waals surface area contributed by atoms with E-state index >= 15 is 0 Å². The van der Waals surface area contributed by atoms with Crippen LogP contribution in [0.3, 0.4) is 0 Å². The summed E-state index contributed by atoms with van der Waals surface area (Å²) in [6.07, 6.45) is 5.77. The average molecular weight is 438 g/mol. The summed E-state index contributed by atoms with van der Waals surface area (Å²) in [5.74, 6) is -0.206. The molecule has 3 atom stereocenters. The molecule has 0 aromatic carbocycles. The SMILES string of the molecule is C=C(/C=C\C=C(/C)OCCOC)[C@H]1CCN(C(=O)OC(C)(C)C)[C@@H](C)[C@H]1C(=O)OCC. The van der Waals surface area contributed by atoms with Crippen molar-refractivity contribution < 1.29 is 28.5 Å². The van der Waals surface area contributed by atoms with Gasteiger partial charge in [0.2, 0.25) is 0 Å². The molecular weight excluding hydrogens is 398 g/mol. The second-order valence-corrected chi connectivity index (χ2v) is 8.64. The van der Waals surface area contributed by atoms with Gasteiger partial charge in [-0.3, -0.25) is 4.79 Å². The van der Waals surface area contributed by atoms with E-state index in [0.29, 0.717) is 26.2 Å². The summed E-state index contributed by atoms with van der Waals surface area (Å²) >= 11 is 0. The van der Waals surface area contributed by atoms with Gasteiger partial charge in [0.25, 0.3) is 0 Å². The van der Waals surface area contributed by atoms with Crippen molar-refractivity contribution in [1.82, 2.24) is 4.90 Å². The van der Waals surface area contributed by atoms with Crippen molar-refractivity contribution in [2.45, 2.75) is 59.6 Å². The van der Waals surface area contributed by atoms with Gasteiger partial charge in [-0.05, 0) is 54.0 Å². The smallest absolute Gasteiger partial charge is 0.410 e. The maximum atomic E-state index is 12.8. The molecule has 176 valence electrons. The Morgan fingerprint density at radius 1 is 1.19 bits per heavy atom. The molecule has 0 radical (unpaired) electrons. The number of likely N-dealkylation sites (tertiary alicyclic amines) is 1. The van der Waals surface area contributed by atoms with Crippen molar-refractivity contribution in [3.8, 4) is 0 Å². The largest absolute Gasteiger partial charge is 0.496 e. The van der Waals surface area contributed by atoms with Crippen molar-refractivity contribution in [3.63, 3.8) is 0 Å². The lowest BCUT2D eigenvalue weighted by Crippen LogP contribution is -2.54. The van der Waals surface area contributed by atoms with Crippen LogP contribution in [0.5, 0.6) is 0 Å². The first-order valence-corrected chi connectivity index (χ1v) is 10.8.